The van der Waals surface area contributed by atoms with E-state index in [1.54, 1.807) is 0 Å². The minimum absolute atomic E-state index is 0.0173. The lowest BCUT2D eigenvalue weighted by atomic mass is 10.1. The van der Waals surface area contributed by atoms with Gasteiger partial charge < -0.3 is 10.8 Å². The minimum atomic E-state index is -1.05. The first-order valence-electron chi connectivity index (χ1n) is 4.23. The van der Waals surface area contributed by atoms with Gasteiger partial charge in [-0.1, -0.05) is 41.7 Å². The van der Waals surface area contributed by atoms with Crippen LogP contribution in [0.25, 0.3) is 10.4 Å². The largest absolute Gasteiger partial charge is 0.476 e. The second-order valence-corrected chi connectivity index (χ2v) is 3.93. The molecule has 0 aliphatic carbocycles. The van der Waals surface area contributed by atoms with Crippen LogP contribution in [-0.4, -0.2) is 16.1 Å². The van der Waals surface area contributed by atoms with Crippen LogP contribution in [0.1, 0.15) is 10.5 Å². The van der Waals surface area contributed by atoms with Crippen LogP contribution in [0, 0.1) is 0 Å². The highest BCUT2D eigenvalue weighted by Crippen LogP contribution is 2.31. The van der Waals surface area contributed by atoms with E-state index in [4.69, 9.17) is 10.8 Å². The van der Waals surface area contributed by atoms with Gasteiger partial charge in [0, 0.05) is 0 Å². The van der Waals surface area contributed by atoms with E-state index in [-0.39, 0.29) is 10.8 Å². The molecule has 0 radical (unpaired) electrons. The number of benzene rings is 1. The summed E-state index contributed by atoms with van der Waals surface area (Å²) in [7, 11) is 0. The molecule has 5 heteroatoms. The lowest BCUT2D eigenvalue weighted by Crippen LogP contribution is -1.99. The molecule has 0 saturated heterocycles. The van der Waals surface area contributed by atoms with Crippen LogP contribution in [0.4, 0.5) is 5.13 Å². The average Bonchev–Trinajstić information content (AvgIpc) is 2.62. The third-order valence-corrected chi connectivity index (χ3v) is 2.82. The zero-order chi connectivity index (χ0) is 10.8. The third-order valence-electron chi connectivity index (χ3n) is 1.88. The fourth-order valence-corrected chi connectivity index (χ4v) is 2.10. The van der Waals surface area contributed by atoms with Crippen molar-refractivity contribution in [3.63, 3.8) is 0 Å². The Balaban J connectivity index is 2.58. The fourth-order valence-electron chi connectivity index (χ4n) is 1.27. The number of aromatic nitrogens is 1. The van der Waals surface area contributed by atoms with Gasteiger partial charge in [-0.25, -0.2) is 9.78 Å². The van der Waals surface area contributed by atoms with Crippen molar-refractivity contribution in [3.05, 3.63) is 36.0 Å². The van der Waals surface area contributed by atoms with Crippen molar-refractivity contribution in [2.45, 2.75) is 0 Å². The molecule has 0 spiro atoms. The number of carboxylic acids is 1. The molecule has 76 valence electrons. The van der Waals surface area contributed by atoms with Gasteiger partial charge in [0.1, 0.15) is 0 Å². The summed E-state index contributed by atoms with van der Waals surface area (Å²) in [5.41, 5.74) is 6.34. The van der Waals surface area contributed by atoms with Crippen molar-refractivity contribution in [1.82, 2.24) is 4.98 Å². The molecule has 0 fully saturated rings. The summed E-state index contributed by atoms with van der Waals surface area (Å²) in [4.78, 5) is 15.3. The van der Waals surface area contributed by atoms with Gasteiger partial charge in [-0.3, -0.25) is 0 Å². The summed E-state index contributed by atoms with van der Waals surface area (Å²) in [6.45, 7) is 0. The van der Waals surface area contributed by atoms with Crippen LogP contribution in [0.15, 0.2) is 30.3 Å². The molecule has 0 bridgehead atoms. The van der Waals surface area contributed by atoms with Gasteiger partial charge in [-0.15, -0.1) is 0 Å². The van der Waals surface area contributed by atoms with E-state index in [0.717, 1.165) is 5.56 Å². The average molecular weight is 220 g/mol. The topological polar surface area (TPSA) is 76.2 Å². The van der Waals surface area contributed by atoms with Crippen molar-refractivity contribution in [1.29, 1.82) is 0 Å². The Hall–Kier alpha value is -1.88. The predicted octanol–water partition coefficient (Wildman–Crippen LogP) is 2.09. The van der Waals surface area contributed by atoms with E-state index in [2.05, 4.69) is 4.98 Å². The number of anilines is 1. The number of thiazole rings is 1. The molecule has 0 amide bonds. The van der Waals surface area contributed by atoms with Gasteiger partial charge in [0.25, 0.3) is 0 Å². The lowest BCUT2D eigenvalue weighted by molar-refractivity contribution is 0.0692. The predicted molar refractivity (Wildman–Crippen MR) is 58.9 cm³/mol. The molecule has 1 aromatic carbocycles. The van der Waals surface area contributed by atoms with E-state index in [1.165, 1.54) is 11.3 Å². The Morgan fingerprint density at radius 2 is 2.00 bits per heavy atom. The molecule has 15 heavy (non-hydrogen) atoms. The molecule has 1 aromatic heterocycles. The highest BCUT2D eigenvalue weighted by Gasteiger charge is 2.17. The molecular formula is C10H8N2O2S. The van der Waals surface area contributed by atoms with Crippen LogP contribution >= 0.6 is 11.3 Å². The van der Waals surface area contributed by atoms with E-state index < -0.39 is 5.97 Å². The van der Waals surface area contributed by atoms with Crippen molar-refractivity contribution < 1.29 is 9.90 Å². The van der Waals surface area contributed by atoms with Gasteiger partial charge in [0.15, 0.2) is 10.8 Å². The van der Waals surface area contributed by atoms with E-state index in [0.29, 0.717) is 4.88 Å². The highest BCUT2D eigenvalue weighted by atomic mass is 32.1. The first kappa shape index (κ1) is 9.67. The molecule has 0 aliphatic rings. The van der Waals surface area contributed by atoms with Gasteiger partial charge in [0.05, 0.1) is 4.88 Å². The SMILES string of the molecule is Nc1nc(C(=O)O)c(-c2ccccc2)s1. The number of nitrogens with two attached hydrogens (primary N) is 1. The molecule has 0 saturated carbocycles. The second kappa shape index (κ2) is 3.70. The molecule has 0 unspecified atom stereocenters. The van der Waals surface area contributed by atoms with Crippen molar-refractivity contribution in [2.75, 3.05) is 5.73 Å². The minimum Gasteiger partial charge on any atom is -0.476 e. The maximum Gasteiger partial charge on any atom is 0.356 e. The number of hydrogen-bond donors (Lipinski definition) is 2. The summed E-state index contributed by atoms with van der Waals surface area (Å²) in [6, 6.07) is 9.22. The highest BCUT2D eigenvalue weighted by molar-refractivity contribution is 7.19. The van der Waals surface area contributed by atoms with Crippen molar-refractivity contribution >= 4 is 22.4 Å². The molecule has 1 heterocycles. The van der Waals surface area contributed by atoms with E-state index >= 15 is 0 Å². The van der Waals surface area contributed by atoms with E-state index in [1.807, 2.05) is 30.3 Å². The molecule has 0 atom stereocenters. The normalized spacial score (nSPS) is 10.1. The second-order valence-electron chi connectivity index (χ2n) is 2.90. The maximum atomic E-state index is 10.9. The summed E-state index contributed by atoms with van der Waals surface area (Å²) < 4.78 is 0. The monoisotopic (exact) mass is 220 g/mol. The summed E-state index contributed by atoms with van der Waals surface area (Å²) in [5.74, 6) is -1.05. The van der Waals surface area contributed by atoms with Gasteiger partial charge >= 0.3 is 5.97 Å². The number of aromatic carboxylic acids is 1. The van der Waals surface area contributed by atoms with Gasteiger partial charge in [0.2, 0.25) is 0 Å². The van der Waals surface area contributed by atoms with Crippen LogP contribution in [-0.2, 0) is 0 Å². The molecular weight excluding hydrogens is 212 g/mol. The quantitative estimate of drug-likeness (QED) is 0.812. The molecule has 0 aliphatic heterocycles. The van der Waals surface area contributed by atoms with Crippen LogP contribution in [0.5, 0.6) is 0 Å². The standard InChI is InChI=1S/C10H8N2O2S/c11-10-12-7(9(13)14)8(15-10)6-4-2-1-3-5-6/h1-5H,(H2,11,12)(H,13,14). The van der Waals surface area contributed by atoms with Gasteiger partial charge in [-0.05, 0) is 5.56 Å². The first-order valence-corrected chi connectivity index (χ1v) is 5.05. The number of carbonyl (C=O) groups is 1. The Bertz CT molecular complexity index is 493. The Morgan fingerprint density at radius 1 is 1.33 bits per heavy atom. The van der Waals surface area contributed by atoms with Crippen LogP contribution in [0.3, 0.4) is 0 Å². The summed E-state index contributed by atoms with van der Waals surface area (Å²) in [5, 5.41) is 9.20. The first-order chi connectivity index (χ1) is 7.18. The van der Waals surface area contributed by atoms with Crippen molar-refractivity contribution in [3.8, 4) is 10.4 Å². The summed E-state index contributed by atoms with van der Waals surface area (Å²) >= 11 is 1.18. The van der Waals surface area contributed by atoms with Crippen molar-refractivity contribution in [2.24, 2.45) is 0 Å². The van der Waals surface area contributed by atoms with Crippen LogP contribution in [0.2, 0.25) is 0 Å². The van der Waals surface area contributed by atoms with E-state index in [9.17, 15) is 4.79 Å². The number of nitrogen functional groups attached to an aromatic ring is 1. The Kier molecular flexibility index (Phi) is 2.39. The molecule has 4 nitrogen and oxygen atoms in total. The zero-order valence-corrected chi connectivity index (χ0v) is 8.49. The zero-order valence-electron chi connectivity index (χ0n) is 7.68. The summed E-state index contributed by atoms with van der Waals surface area (Å²) in [6.07, 6.45) is 0. The third kappa shape index (κ3) is 1.82. The van der Waals surface area contributed by atoms with Crippen LogP contribution < -0.4 is 5.73 Å². The fraction of sp³-hybridized carbons (Fsp3) is 0. The smallest absolute Gasteiger partial charge is 0.356 e. The lowest BCUT2D eigenvalue weighted by Gasteiger charge is -1.96. The number of rotatable bonds is 2. The Morgan fingerprint density at radius 3 is 2.60 bits per heavy atom. The number of nitrogens with zero attached hydrogens (tertiary/aromatic N) is 1. The number of hydrogen-bond acceptors (Lipinski definition) is 4. The molecule has 2 aromatic rings. The molecule has 3 N–H and O–H groups in total. The maximum absolute atomic E-state index is 10.9. The van der Waals surface area contributed by atoms with Gasteiger partial charge in [-0.2, -0.15) is 0 Å². The number of carboxylic acid groups (broad SMARTS) is 1. The molecule has 2 rings (SSSR count). The Labute approximate surface area is 90.0 Å².